The molecule has 0 fully saturated rings. The zero-order valence-electron chi connectivity index (χ0n) is 10.5. The highest BCUT2D eigenvalue weighted by atomic mass is 79.9. The number of hydrogen-bond acceptors (Lipinski definition) is 4. The molecule has 1 rings (SSSR count). The van der Waals surface area contributed by atoms with Crippen molar-refractivity contribution in [3.63, 3.8) is 0 Å². The van der Waals surface area contributed by atoms with E-state index in [2.05, 4.69) is 21.2 Å². The van der Waals surface area contributed by atoms with Crippen LogP contribution in [0.15, 0.2) is 22.7 Å². The Morgan fingerprint density at radius 3 is 2.65 bits per heavy atom. The van der Waals surface area contributed by atoms with Crippen molar-refractivity contribution >= 4 is 39.3 Å². The zero-order valence-corrected chi connectivity index (χ0v) is 12.1. The summed E-state index contributed by atoms with van der Waals surface area (Å²) in [6.07, 6.45) is -0.178. The average Bonchev–Trinajstić information content (AvgIpc) is 2.34. The minimum atomic E-state index is -1.01. The molecular weight excluding hydrogens is 334 g/mol. The minimum absolute atomic E-state index is 0.0390. The zero-order chi connectivity index (χ0) is 15.3. The van der Waals surface area contributed by atoms with Crippen LogP contribution in [0.1, 0.15) is 6.42 Å². The maximum atomic E-state index is 11.8. The summed E-state index contributed by atoms with van der Waals surface area (Å²) in [7, 11) is 1.44. The van der Waals surface area contributed by atoms with Gasteiger partial charge in [0.1, 0.15) is 0 Å². The second kappa shape index (κ2) is 6.85. The molecule has 0 saturated heterocycles. The van der Waals surface area contributed by atoms with Gasteiger partial charge in [-0.05, 0) is 6.07 Å². The normalized spacial score (nSPS) is 9.90. The first-order valence-corrected chi connectivity index (χ1v) is 6.28. The van der Waals surface area contributed by atoms with Gasteiger partial charge in [-0.1, -0.05) is 15.9 Å². The molecule has 0 bridgehead atoms. The SMILES string of the molecule is CN(CCC(=O)O)C(=O)Nc1cc(Br)cc([N+](=O)[O-])c1. The molecule has 8 nitrogen and oxygen atoms in total. The summed E-state index contributed by atoms with van der Waals surface area (Å²) in [5, 5.41) is 21.7. The predicted molar refractivity (Wildman–Crippen MR) is 74.7 cm³/mol. The number of anilines is 1. The molecular formula is C11H12BrN3O5. The molecule has 0 aliphatic carbocycles. The van der Waals surface area contributed by atoms with Gasteiger partial charge >= 0.3 is 12.0 Å². The van der Waals surface area contributed by atoms with E-state index in [4.69, 9.17) is 5.11 Å². The number of non-ortho nitro benzene ring substituents is 1. The Morgan fingerprint density at radius 2 is 2.10 bits per heavy atom. The first kappa shape index (κ1) is 15.9. The largest absolute Gasteiger partial charge is 0.481 e. The van der Waals surface area contributed by atoms with Crippen LogP contribution in [0.5, 0.6) is 0 Å². The number of nitrogens with one attached hydrogen (secondary N) is 1. The molecule has 0 unspecified atom stereocenters. The molecule has 0 atom stereocenters. The van der Waals surface area contributed by atoms with Crippen molar-refractivity contribution in [3.8, 4) is 0 Å². The van der Waals surface area contributed by atoms with E-state index in [1.165, 1.54) is 30.1 Å². The van der Waals surface area contributed by atoms with Crippen LogP contribution in [0.2, 0.25) is 0 Å². The van der Waals surface area contributed by atoms with Gasteiger partial charge in [-0.2, -0.15) is 0 Å². The van der Waals surface area contributed by atoms with Crippen molar-refractivity contribution in [2.24, 2.45) is 0 Å². The summed E-state index contributed by atoms with van der Waals surface area (Å²) in [5.41, 5.74) is 0.0844. The van der Waals surface area contributed by atoms with Crippen molar-refractivity contribution in [1.29, 1.82) is 0 Å². The van der Waals surface area contributed by atoms with Gasteiger partial charge in [0, 0.05) is 30.2 Å². The van der Waals surface area contributed by atoms with Crippen LogP contribution in [-0.2, 0) is 4.79 Å². The van der Waals surface area contributed by atoms with Crippen LogP contribution in [0.25, 0.3) is 0 Å². The van der Waals surface area contributed by atoms with Crippen LogP contribution in [0, 0.1) is 10.1 Å². The third kappa shape index (κ3) is 4.84. The van der Waals surface area contributed by atoms with Crippen molar-refractivity contribution in [2.75, 3.05) is 18.9 Å². The number of nitrogens with zero attached hydrogens (tertiary/aromatic N) is 2. The van der Waals surface area contributed by atoms with E-state index < -0.39 is 16.9 Å². The second-order valence-corrected chi connectivity index (χ2v) is 4.87. The van der Waals surface area contributed by atoms with Crippen molar-refractivity contribution in [2.45, 2.75) is 6.42 Å². The Kier molecular flexibility index (Phi) is 5.44. The molecule has 0 heterocycles. The van der Waals surface area contributed by atoms with Gasteiger partial charge in [-0.15, -0.1) is 0 Å². The topological polar surface area (TPSA) is 113 Å². The molecule has 0 saturated carbocycles. The summed E-state index contributed by atoms with van der Waals surface area (Å²) in [4.78, 5) is 33.5. The van der Waals surface area contributed by atoms with E-state index in [0.717, 1.165) is 0 Å². The lowest BCUT2D eigenvalue weighted by Crippen LogP contribution is -2.33. The number of nitro benzene ring substituents is 1. The van der Waals surface area contributed by atoms with Crippen LogP contribution in [0.4, 0.5) is 16.2 Å². The summed E-state index contributed by atoms with van der Waals surface area (Å²) in [6.45, 7) is 0.0390. The molecule has 9 heteroatoms. The van der Waals surface area contributed by atoms with Gasteiger partial charge in [-0.3, -0.25) is 14.9 Å². The highest BCUT2D eigenvalue weighted by molar-refractivity contribution is 9.10. The number of rotatable bonds is 5. The van der Waals surface area contributed by atoms with E-state index in [9.17, 15) is 19.7 Å². The molecule has 0 radical (unpaired) electrons. The Labute approximate surface area is 122 Å². The Hall–Kier alpha value is -2.16. The van der Waals surface area contributed by atoms with Gasteiger partial charge in [0.25, 0.3) is 5.69 Å². The lowest BCUT2D eigenvalue weighted by atomic mass is 10.3. The smallest absolute Gasteiger partial charge is 0.321 e. The van der Waals surface area contributed by atoms with E-state index >= 15 is 0 Å². The fraction of sp³-hybridized carbons (Fsp3) is 0.273. The first-order chi connectivity index (χ1) is 9.29. The van der Waals surface area contributed by atoms with Crippen molar-refractivity contribution in [3.05, 3.63) is 32.8 Å². The number of nitro groups is 1. The van der Waals surface area contributed by atoms with Gasteiger partial charge in [0.05, 0.1) is 17.0 Å². The quantitative estimate of drug-likeness (QED) is 0.627. The fourth-order valence-electron chi connectivity index (χ4n) is 1.34. The van der Waals surface area contributed by atoms with Gasteiger partial charge < -0.3 is 15.3 Å². The number of carboxylic acid groups (broad SMARTS) is 1. The molecule has 0 aromatic heterocycles. The van der Waals surface area contributed by atoms with Gasteiger partial charge in [0.2, 0.25) is 0 Å². The highest BCUT2D eigenvalue weighted by Gasteiger charge is 2.13. The van der Waals surface area contributed by atoms with Gasteiger partial charge in [-0.25, -0.2) is 4.79 Å². The number of benzene rings is 1. The molecule has 1 aromatic carbocycles. The number of carboxylic acids is 1. The number of carbonyl (C=O) groups is 2. The third-order valence-corrected chi connectivity index (χ3v) is 2.81. The van der Waals surface area contributed by atoms with E-state index in [-0.39, 0.29) is 24.3 Å². The van der Waals surface area contributed by atoms with Crippen molar-refractivity contribution < 1.29 is 19.6 Å². The third-order valence-electron chi connectivity index (χ3n) is 2.35. The number of urea groups is 1. The molecule has 20 heavy (non-hydrogen) atoms. The average molecular weight is 346 g/mol. The number of aliphatic carboxylic acids is 1. The lowest BCUT2D eigenvalue weighted by molar-refractivity contribution is -0.384. The molecule has 1 aromatic rings. The maximum Gasteiger partial charge on any atom is 0.321 e. The summed E-state index contributed by atoms with van der Waals surface area (Å²) < 4.78 is 0.454. The predicted octanol–water partition coefficient (Wildman–Crippen LogP) is 2.30. The summed E-state index contributed by atoms with van der Waals surface area (Å²) in [6, 6.07) is 3.49. The van der Waals surface area contributed by atoms with E-state index in [1.807, 2.05) is 0 Å². The van der Waals surface area contributed by atoms with Crippen LogP contribution < -0.4 is 5.32 Å². The van der Waals surface area contributed by atoms with E-state index in [1.54, 1.807) is 0 Å². The fourth-order valence-corrected chi connectivity index (χ4v) is 1.82. The monoisotopic (exact) mass is 345 g/mol. The summed E-state index contributed by atoms with van der Waals surface area (Å²) in [5.74, 6) is -1.01. The number of hydrogen-bond donors (Lipinski definition) is 2. The first-order valence-electron chi connectivity index (χ1n) is 5.48. The highest BCUT2D eigenvalue weighted by Crippen LogP contribution is 2.24. The number of halogens is 1. The lowest BCUT2D eigenvalue weighted by Gasteiger charge is -2.16. The number of carbonyl (C=O) groups excluding carboxylic acids is 1. The number of amides is 2. The Morgan fingerprint density at radius 1 is 1.45 bits per heavy atom. The molecule has 2 amide bonds. The van der Waals surface area contributed by atoms with Crippen LogP contribution in [0.3, 0.4) is 0 Å². The van der Waals surface area contributed by atoms with Crippen molar-refractivity contribution in [1.82, 2.24) is 4.90 Å². The van der Waals surface area contributed by atoms with Crippen LogP contribution in [-0.4, -0.2) is 40.5 Å². The maximum absolute atomic E-state index is 11.8. The Bertz CT molecular complexity index is 549. The molecule has 108 valence electrons. The van der Waals surface area contributed by atoms with Gasteiger partial charge in [0.15, 0.2) is 0 Å². The minimum Gasteiger partial charge on any atom is -0.481 e. The van der Waals surface area contributed by atoms with E-state index in [0.29, 0.717) is 4.47 Å². The molecule has 0 spiro atoms. The summed E-state index contributed by atoms with van der Waals surface area (Å²) >= 11 is 3.11. The standard InChI is InChI=1S/C11H12BrN3O5/c1-14(3-2-10(16)17)11(18)13-8-4-7(12)5-9(6-8)15(19)20/h4-6H,2-3H2,1H3,(H,13,18)(H,16,17). The van der Waals surface area contributed by atoms with Crippen LogP contribution >= 0.6 is 15.9 Å². The molecule has 0 aliphatic rings. The Balaban J connectivity index is 2.75. The second-order valence-electron chi connectivity index (χ2n) is 3.95. The molecule has 0 aliphatic heterocycles. The molecule has 2 N–H and O–H groups in total.